The van der Waals surface area contributed by atoms with E-state index in [1.54, 1.807) is 31.2 Å². The fourth-order valence-corrected chi connectivity index (χ4v) is 5.52. The molecule has 0 saturated heterocycles. The van der Waals surface area contributed by atoms with Gasteiger partial charge in [-0.3, -0.25) is 9.59 Å². The molecular weight excluding hydrogens is 543 g/mol. The molecule has 3 atom stereocenters. The van der Waals surface area contributed by atoms with E-state index in [2.05, 4.69) is 6.92 Å². The van der Waals surface area contributed by atoms with Crippen LogP contribution in [0, 0.1) is 5.92 Å². The van der Waals surface area contributed by atoms with E-state index in [0.29, 0.717) is 19.6 Å². The molecule has 1 N–H and O–H groups in total. The molecule has 2 aromatic carbocycles. The number of hydrogen-bond acceptors (Lipinski definition) is 4. The van der Waals surface area contributed by atoms with Crippen LogP contribution in [0.4, 0.5) is 4.39 Å². The third kappa shape index (κ3) is 9.37. The smallest absolute Gasteiger partial charge is 0.325 e. The molecule has 0 fully saturated rings. The highest BCUT2D eigenvalue weighted by Gasteiger charge is 2.47. The molecule has 43 heavy (non-hydrogen) atoms. The van der Waals surface area contributed by atoms with Crippen molar-refractivity contribution in [1.82, 2.24) is 0 Å². The minimum Gasteiger partial charge on any atom is -0.494 e. The van der Waals surface area contributed by atoms with Crippen LogP contribution in [0.15, 0.2) is 72.6 Å². The molecule has 0 saturated carbocycles. The monoisotopic (exact) mass is 592 g/mol. The van der Waals surface area contributed by atoms with E-state index in [1.807, 2.05) is 38.1 Å². The highest BCUT2D eigenvalue weighted by molar-refractivity contribution is 6.02. The van der Waals surface area contributed by atoms with Crippen molar-refractivity contribution in [2.45, 2.75) is 103 Å². The van der Waals surface area contributed by atoms with Crippen molar-refractivity contribution in [3.63, 3.8) is 0 Å². The summed E-state index contributed by atoms with van der Waals surface area (Å²) >= 11 is 0. The molecule has 2 aromatic rings. The van der Waals surface area contributed by atoms with Gasteiger partial charge in [0.2, 0.25) is 0 Å². The van der Waals surface area contributed by atoms with Crippen molar-refractivity contribution < 1.29 is 28.6 Å². The molecule has 5 nitrogen and oxygen atoms in total. The fourth-order valence-electron chi connectivity index (χ4n) is 5.52. The van der Waals surface area contributed by atoms with Crippen LogP contribution in [-0.4, -0.2) is 36.2 Å². The maximum atomic E-state index is 16.0. The van der Waals surface area contributed by atoms with Gasteiger partial charge < -0.3 is 14.6 Å². The Labute approximate surface area is 257 Å². The zero-order chi connectivity index (χ0) is 31.2. The number of allylic oxidation sites excluding steroid dienone is 2. The first-order chi connectivity index (χ1) is 20.7. The lowest BCUT2D eigenvalue weighted by atomic mass is 9.71. The van der Waals surface area contributed by atoms with Crippen LogP contribution in [0.25, 0.3) is 0 Å². The molecule has 0 heterocycles. The number of Topliss-reactive ketones (excluding diaryl/α,β-unsaturated/α-hetero) is 1. The van der Waals surface area contributed by atoms with Crippen molar-refractivity contribution in [1.29, 1.82) is 0 Å². The van der Waals surface area contributed by atoms with Crippen molar-refractivity contribution in [2.24, 2.45) is 5.92 Å². The van der Waals surface area contributed by atoms with E-state index in [-0.39, 0.29) is 23.0 Å². The zero-order valence-corrected chi connectivity index (χ0v) is 26.3. The molecule has 3 rings (SSSR count). The predicted molar refractivity (Wildman–Crippen MR) is 171 cm³/mol. The Morgan fingerprint density at radius 3 is 2.19 bits per heavy atom. The van der Waals surface area contributed by atoms with Gasteiger partial charge in [-0.25, -0.2) is 4.39 Å². The molecule has 0 aliphatic heterocycles. The van der Waals surface area contributed by atoms with Gasteiger partial charge in [0.25, 0.3) is 0 Å². The molecule has 0 radical (unpaired) electrons. The Balaban J connectivity index is 1.67. The first-order valence-electron chi connectivity index (χ1n) is 16.0. The highest BCUT2D eigenvalue weighted by Crippen LogP contribution is 2.43. The second kappa shape index (κ2) is 17.1. The van der Waals surface area contributed by atoms with Gasteiger partial charge in [0.1, 0.15) is 11.6 Å². The number of ether oxygens (including phenoxy) is 2. The van der Waals surface area contributed by atoms with E-state index < -0.39 is 29.0 Å². The van der Waals surface area contributed by atoms with Crippen molar-refractivity contribution >= 4 is 11.8 Å². The van der Waals surface area contributed by atoms with Gasteiger partial charge in [-0.05, 0) is 56.0 Å². The maximum Gasteiger partial charge on any atom is 0.325 e. The maximum absolute atomic E-state index is 16.0. The Kier molecular flexibility index (Phi) is 13.7. The van der Waals surface area contributed by atoms with Gasteiger partial charge in [0, 0.05) is 24.0 Å². The van der Waals surface area contributed by atoms with E-state index >= 15 is 4.39 Å². The Morgan fingerprint density at radius 1 is 0.907 bits per heavy atom. The third-order valence-electron chi connectivity index (χ3n) is 8.19. The molecule has 1 aliphatic rings. The molecule has 1 aliphatic carbocycles. The summed E-state index contributed by atoms with van der Waals surface area (Å²) in [7, 11) is 0. The number of ketones is 1. The number of carbonyl (C=O) groups is 2. The lowest BCUT2D eigenvalue weighted by molar-refractivity contribution is -0.141. The van der Waals surface area contributed by atoms with Crippen molar-refractivity contribution in [2.75, 3.05) is 13.2 Å². The number of hydrogen-bond donors (Lipinski definition) is 1. The van der Waals surface area contributed by atoms with Crippen LogP contribution < -0.4 is 4.74 Å². The Hall–Kier alpha value is -3.25. The number of carbonyl (C=O) groups excluding carboxylic acids is 1. The van der Waals surface area contributed by atoms with Crippen molar-refractivity contribution in [3.8, 4) is 5.75 Å². The normalized spacial score (nSPS) is 18.8. The summed E-state index contributed by atoms with van der Waals surface area (Å²) in [6.07, 6.45) is 14.9. The Bertz CT molecular complexity index is 1230. The van der Waals surface area contributed by atoms with E-state index in [0.717, 1.165) is 24.2 Å². The lowest BCUT2D eigenvalue weighted by Crippen LogP contribution is -2.38. The SMILES string of the molecule is CCCCCCCCCCOc1ccc(C2C=CC(C(=O)O)(c3ccccc3C(=O)C(C)CCOC(C)C)C(F)=C2)cc1. The Morgan fingerprint density at radius 2 is 1.56 bits per heavy atom. The molecule has 3 unspecified atom stereocenters. The number of rotatable bonds is 19. The number of halogens is 1. The number of carboxylic acid groups (broad SMARTS) is 1. The second-order valence-electron chi connectivity index (χ2n) is 11.9. The largest absolute Gasteiger partial charge is 0.494 e. The average Bonchev–Trinajstić information content (AvgIpc) is 3.00. The van der Waals surface area contributed by atoms with Crippen LogP contribution >= 0.6 is 0 Å². The summed E-state index contributed by atoms with van der Waals surface area (Å²) in [5.41, 5.74) is -0.896. The summed E-state index contributed by atoms with van der Waals surface area (Å²) in [4.78, 5) is 26.1. The van der Waals surface area contributed by atoms with Crippen LogP contribution in [0.2, 0.25) is 0 Å². The van der Waals surface area contributed by atoms with Crippen molar-refractivity contribution in [3.05, 3.63) is 89.3 Å². The quantitative estimate of drug-likeness (QED) is 0.0999. The summed E-state index contributed by atoms with van der Waals surface area (Å²) < 4.78 is 27.5. The second-order valence-corrected chi connectivity index (χ2v) is 11.9. The number of carboxylic acids is 1. The molecule has 0 amide bonds. The summed E-state index contributed by atoms with van der Waals surface area (Å²) in [5.74, 6) is -2.49. The van der Waals surface area contributed by atoms with Gasteiger partial charge in [0.05, 0.1) is 12.7 Å². The first kappa shape index (κ1) is 34.2. The number of benzene rings is 2. The predicted octanol–water partition coefficient (Wildman–Crippen LogP) is 9.37. The minimum atomic E-state index is -2.07. The molecular formula is C37H49FO5. The number of unbranched alkanes of at least 4 members (excludes halogenated alkanes) is 7. The van der Waals surface area contributed by atoms with Gasteiger partial charge >= 0.3 is 5.97 Å². The average molecular weight is 593 g/mol. The fraction of sp³-hybridized carbons (Fsp3) is 0.514. The molecule has 0 bridgehead atoms. The topological polar surface area (TPSA) is 72.8 Å². The van der Waals surface area contributed by atoms with Crippen LogP contribution in [0.5, 0.6) is 5.75 Å². The molecule has 6 heteroatoms. The van der Waals surface area contributed by atoms with E-state index in [4.69, 9.17) is 9.47 Å². The third-order valence-corrected chi connectivity index (χ3v) is 8.19. The van der Waals surface area contributed by atoms with Crippen LogP contribution in [-0.2, 0) is 14.9 Å². The molecule has 0 aromatic heterocycles. The van der Waals surface area contributed by atoms with Gasteiger partial charge in [0.15, 0.2) is 11.2 Å². The first-order valence-corrected chi connectivity index (χ1v) is 16.0. The molecule has 0 spiro atoms. The van der Waals surface area contributed by atoms with E-state index in [1.165, 1.54) is 56.7 Å². The minimum absolute atomic E-state index is 0.0490. The standard InChI is InChI=1S/C37H49FO5/c1-5-6-7-8-9-10-11-14-24-43-31-19-17-29(18-20-31)30-21-23-37(36(40)41,34(38)26-30)33-16-13-12-15-32(33)35(39)28(4)22-25-42-27(2)3/h12-13,15-21,23,26-28,30H,5-11,14,22,24-25H2,1-4H3,(H,40,41). The van der Waals surface area contributed by atoms with E-state index in [9.17, 15) is 14.7 Å². The van der Waals surface area contributed by atoms with Crippen LogP contribution in [0.1, 0.15) is 113 Å². The van der Waals surface area contributed by atoms with Gasteiger partial charge in [-0.1, -0.05) is 107 Å². The zero-order valence-electron chi connectivity index (χ0n) is 26.3. The van der Waals surface area contributed by atoms with Gasteiger partial charge in [-0.2, -0.15) is 0 Å². The summed E-state index contributed by atoms with van der Waals surface area (Å²) in [6, 6.07) is 14.0. The lowest BCUT2D eigenvalue weighted by Gasteiger charge is -2.31. The summed E-state index contributed by atoms with van der Waals surface area (Å²) in [6.45, 7) is 8.95. The number of aliphatic carboxylic acids is 1. The van der Waals surface area contributed by atoms with Crippen LogP contribution in [0.3, 0.4) is 0 Å². The summed E-state index contributed by atoms with van der Waals surface area (Å²) in [5, 5.41) is 10.4. The highest BCUT2D eigenvalue weighted by atomic mass is 19.1. The molecule has 234 valence electrons. The van der Waals surface area contributed by atoms with Gasteiger partial charge in [-0.15, -0.1) is 0 Å².